The lowest BCUT2D eigenvalue weighted by Gasteiger charge is -2.19. The number of para-hydroxylation sites is 3. The van der Waals surface area contributed by atoms with Crippen LogP contribution in [0.5, 0.6) is 0 Å². The Balaban J connectivity index is 1.43. The second-order valence-corrected chi connectivity index (χ2v) is 8.00. The lowest BCUT2D eigenvalue weighted by molar-refractivity contribution is -0.121. The third-order valence-electron chi connectivity index (χ3n) is 5.66. The number of H-pyrrole nitrogens is 1. The van der Waals surface area contributed by atoms with Crippen molar-refractivity contribution in [1.29, 1.82) is 0 Å². The lowest BCUT2D eigenvalue weighted by Crippen LogP contribution is -2.33. The number of halogens is 1. The molecule has 0 aliphatic carbocycles. The highest BCUT2D eigenvalue weighted by Crippen LogP contribution is 2.34. The van der Waals surface area contributed by atoms with Crippen molar-refractivity contribution in [3.63, 3.8) is 0 Å². The minimum atomic E-state index is -0.555. The Morgan fingerprint density at radius 1 is 1.00 bits per heavy atom. The number of aromatic amines is 1. The lowest BCUT2D eigenvalue weighted by atomic mass is 9.90. The van der Waals surface area contributed by atoms with Crippen LogP contribution in [0, 0.1) is 0 Å². The first-order valence-corrected chi connectivity index (χ1v) is 10.6. The molecular weight excluding hydrogens is 426 g/mol. The van der Waals surface area contributed by atoms with Crippen LogP contribution in [0.4, 0.5) is 0 Å². The first-order chi connectivity index (χ1) is 15.6. The molecule has 2 aromatic heterocycles. The number of oxazole rings is 1. The van der Waals surface area contributed by atoms with Crippen LogP contribution in [0.2, 0.25) is 5.02 Å². The van der Waals surface area contributed by atoms with Crippen molar-refractivity contribution in [2.45, 2.75) is 12.5 Å². The molecule has 160 valence electrons. The summed E-state index contributed by atoms with van der Waals surface area (Å²) >= 11 is 6.52. The highest BCUT2D eigenvalue weighted by molar-refractivity contribution is 6.31. The van der Waals surface area contributed by atoms with E-state index in [1.165, 1.54) is 4.57 Å². The number of carbonyl (C=O) groups is 1. The van der Waals surface area contributed by atoms with Gasteiger partial charge in [-0.05, 0) is 35.4 Å². The van der Waals surface area contributed by atoms with Gasteiger partial charge in [0.15, 0.2) is 5.58 Å². The van der Waals surface area contributed by atoms with E-state index in [1.807, 2.05) is 54.7 Å². The number of nitrogens with zero attached hydrogens (tertiary/aromatic N) is 1. The Morgan fingerprint density at radius 3 is 2.62 bits per heavy atom. The Morgan fingerprint density at radius 2 is 1.75 bits per heavy atom. The van der Waals surface area contributed by atoms with E-state index in [2.05, 4.69) is 10.3 Å². The van der Waals surface area contributed by atoms with E-state index in [1.54, 1.807) is 24.3 Å². The normalized spacial score (nSPS) is 12.3. The van der Waals surface area contributed by atoms with Crippen molar-refractivity contribution in [3.8, 4) is 0 Å². The zero-order chi connectivity index (χ0) is 22.1. The summed E-state index contributed by atoms with van der Waals surface area (Å²) in [7, 11) is 0. The topological polar surface area (TPSA) is 80.0 Å². The highest BCUT2D eigenvalue weighted by atomic mass is 35.5. The second-order valence-electron chi connectivity index (χ2n) is 7.59. The summed E-state index contributed by atoms with van der Waals surface area (Å²) in [6.45, 7) is 0.202. The average molecular weight is 446 g/mol. The molecule has 7 heteroatoms. The molecule has 0 bridgehead atoms. The molecule has 0 aliphatic heterocycles. The standard InChI is InChI=1S/C25H20ClN3O3/c26-20-9-3-1-7-16(20)18(19-13-27-21-10-4-2-8-17(19)21)14-28-24(30)15-29-22-11-5-6-12-23(22)32-25(29)31/h1-13,18,27H,14-15H2,(H,28,30). The van der Waals surface area contributed by atoms with Crippen LogP contribution in [0.25, 0.3) is 22.0 Å². The van der Waals surface area contributed by atoms with Gasteiger partial charge < -0.3 is 14.7 Å². The van der Waals surface area contributed by atoms with Gasteiger partial charge >= 0.3 is 5.76 Å². The van der Waals surface area contributed by atoms with Crippen molar-refractivity contribution in [1.82, 2.24) is 14.9 Å². The zero-order valence-electron chi connectivity index (χ0n) is 17.0. The fourth-order valence-electron chi connectivity index (χ4n) is 4.11. The molecular formula is C25H20ClN3O3. The molecule has 0 fully saturated rings. The molecule has 2 heterocycles. The van der Waals surface area contributed by atoms with Gasteiger partial charge in [-0.15, -0.1) is 0 Å². The van der Waals surface area contributed by atoms with Crippen LogP contribution in [0.3, 0.4) is 0 Å². The van der Waals surface area contributed by atoms with Crippen LogP contribution < -0.4 is 11.1 Å². The fourth-order valence-corrected chi connectivity index (χ4v) is 4.37. The number of hydrogen-bond acceptors (Lipinski definition) is 3. The number of benzene rings is 3. The number of fused-ring (bicyclic) bond motifs is 2. The minimum absolute atomic E-state index is 0.126. The molecule has 6 nitrogen and oxygen atoms in total. The molecule has 3 aromatic carbocycles. The number of rotatable bonds is 6. The van der Waals surface area contributed by atoms with Crippen molar-refractivity contribution in [2.24, 2.45) is 0 Å². The molecule has 5 rings (SSSR count). The van der Waals surface area contributed by atoms with Gasteiger partial charge in [0.2, 0.25) is 5.91 Å². The number of carbonyl (C=O) groups excluding carboxylic acids is 1. The molecule has 2 N–H and O–H groups in total. The van der Waals surface area contributed by atoms with Crippen molar-refractivity contribution < 1.29 is 9.21 Å². The number of aromatic nitrogens is 2. The molecule has 0 radical (unpaired) electrons. The predicted octanol–water partition coefficient (Wildman–Crippen LogP) is 4.68. The first kappa shape index (κ1) is 20.2. The molecule has 0 spiro atoms. The van der Waals surface area contributed by atoms with E-state index >= 15 is 0 Å². The summed E-state index contributed by atoms with van der Waals surface area (Å²) in [6, 6.07) is 22.7. The van der Waals surface area contributed by atoms with E-state index in [-0.39, 0.29) is 18.4 Å². The van der Waals surface area contributed by atoms with Crippen LogP contribution in [-0.4, -0.2) is 22.0 Å². The maximum atomic E-state index is 12.8. The third-order valence-corrected chi connectivity index (χ3v) is 6.00. The molecule has 0 aliphatic rings. The maximum Gasteiger partial charge on any atom is 0.420 e. The van der Waals surface area contributed by atoms with Gasteiger partial charge in [-0.3, -0.25) is 9.36 Å². The van der Waals surface area contributed by atoms with Crippen LogP contribution >= 0.6 is 11.6 Å². The van der Waals surface area contributed by atoms with Gasteiger partial charge in [0.05, 0.1) is 5.52 Å². The van der Waals surface area contributed by atoms with Crippen LogP contribution in [0.1, 0.15) is 17.0 Å². The van der Waals surface area contributed by atoms with Crippen molar-refractivity contribution in [3.05, 3.63) is 106 Å². The number of amides is 1. The quantitative estimate of drug-likeness (QED) is 0.398. The van der Waals surface area contributed by atoms with Crippen molar-refractivity contribution >= 4 is 39.5 Å². The average Bonchev–Trinajstić information content (AvgIpc) is 3.36. The van der Waals surface area contributed by atoms with E-state index in [9.17, 15) is 9.59 Å². The molecule has 5 aromatic rings. The van der Waals surface area contributed by atoms with E-state index in [0.29, 0.717) is 22.7 Å². The van der Waals surface area contributed by atoms with E-state index in [4.69, 9.17) is 16.0 Å². The Kier molecular flexibility index (Phi) is 5.29. The Hall–Kier alpha value is -3.77. The van der Waals surface area contributed by atoms with E-state index < -0.39 is 5.76 Å². The summed E-state index contributed by atoms with van der Waals surface area (Å²) in [5, 5.41) is 4.69. The molecule has 32 heavy (non-hydrogen) atoms. The monoisotopic (exact) mass is 445 g/mol. The second kappa shape index (κ2) is 8.40. The molecule has 0 saturated heterocycles. The zero-order valence-corrected chi connectivity index (χ0v) is 17.8. The van der Waals surface area contributed by atoms with E-state index in [0.717, 1.165) is 22.0 Å². The van der Waals surface area contributed by atoms with Crippen molar-refractivity contribution in [2.75, 3.05) is 6.54 Å². The fraction of sp³-hybridized carbons (Fsp3) is 0.120. The van der Waals surface area contributed by atoms with Gasteiger partial charge in [0, 0.05) is 34.6 Å². The Bertz CT molecular complexity index is 1480. The SMILES string of the molecule is O=C(Cn1c(=O)oc2ccccc21)NCC(c1ccccc1Cl)c1c[nH]c2ccccc12. The highest BCUT2D eigenvalue weighted by Gasteiger charge is 2.21. The molecule has 1 atom stereocenters. The summed E-state index contributed by atoms with van der Waals surface area (Å²) in [5.41, 5.74) is 4.03. The van der Waals surface area contributed by atoms with Gasteiger partial charge in [-0.2, -0.15) is 0 Å². The summed E-state index contributed by atoms with van der Waals surface area (Å²) in [4.78, 5) is 28.3. The smallest absolute Gasteiger partial charge is 0.408 e. The molecule has 1 unspecified atom stereocenters. The summed E-state index contributed by atoms with van der Waals surface area (Å²) in [6.07, 6.45) is 1.96. The molecule has 0 saturated carbocycles. The summed E-state index contributed by atoms with van der Waals surface area (Å²) < 4.78 is 6.56. The number of nitrogens with one attached hydrogen (secondary N) is 2. The predicted molar refractivity (Wildman–Crippen MR) is 125 cm³/mol. The number of hydrogen-bond donors (Lipinski definition) is 2. The Labute approximate surface area is 188 Å². The molecule has 1 amide bonds. The van der Waals surface area contributed by atoms with Crippen LogP contribution in [0.15, 0.2) is 88.2 Å². The van der Waals surface area contributed by atoms with Gasteiger partial charge in [-0.1, -0.05) is 60.1 Å². The third kappa shape index (κ3) is 3.69. The van der Waals surface area contributed by atoms with Gasteiger partial charge in [0.25, 0.3) is 0 Å². The first-order valence-electron chi connectivity index (χ1n) is 10.3. The maximum absolute atomic E-state index is 12.8. The summed E-state index contributed by atoms with van der Waals surface area (Å²) in [5.74, 6) is -1.00. The van der Waals surface area contributed by atoms with Crippen LogP contribution in [-0.2, 0) is 11.3 Å². The van der Waals surface area contributed by atoms with Gasteiger partial charge in [-0.25, -0.2) is 4.79 Å². The minimum Gasteiger partial charge on any atom is -0.408 e. The van der Waals surface area contributed by atoms with Gasteiger partial charge in [0.1, 0.15) is 6.54 Å². The largest absolute Gasteiger partial charge is 0.420 e.